The van der Waals surface area contributed by atoms with Gasteiger partial charge in [0.1, 0.15) is 0 Å². The molecule has 4 heteroatoms. The summed E-state index contributed by atoms with van der Waals surface area (Å²) in [5, 5.41) is 0. The van der Waals surface area contributed by atoms with Gasteiger partial charge < -0.3 is 10.6 Å². The molecule has 0 spiro atoms. The van der Waals surface area contributed by atoms with E-state index in [-0.39, 0.29) is 0 Å². The molecule has 2 unspecified atom stereocenters. The van der Waals surface area contributed by atoms with Gasteiger partial charge in [0, 0.05) is 49.8 Å². The summed E-state index contributed by atoms with van der Waals surface area (Å²) < 4.78 is 0. The topological polar surface area (TPSA) is 32.5 Å². The lowest BCUT2D eigenvalue weighted by Gasteiger charge is -2.38. The molecule has 0 saturated carbocycles. The lowest BCUT2D eigenvalue weighted by molar-refractivity contribution is 0.128. The number of thioether (sulfide) groups is 1. The van der Waals surface area contributed by atoms with Crippen LogP contribution < -0.4 is 5.73 Å². The highest BCUT2D eigenvalue weighted by Crippen LogP contribution is 2.16. The van der Waals surface area contributed by atoms with Crippen molar-refractivity contribution in [3.8, 4) is 0 Å². The van der Waals surface area contributed by atoms with Crippen molar-refractivity contribution in [2.45, 2.75) is 31.8 Å². The average molecular weight is 243 g/mol. The first kappa shape index (κ1) is 12.7. The highest BCUT2D eigenvalue weighted by molar-refractivity contribution is 7.99. The number of piperidine rings is 1. The van der Waals surface area contributed by atoms with Crippen molar-refractivity contribution in [1.82, 2.24) is 9.80 Å². The Hall–Kier alpha value is 0.230. The Kier molecular flexibility index (Phi) is 4.95. The van der Waals surface area contributed by atoms with E-state index in [4.69, 9.17) is 5.73 Å². The number of hydrogen-bond donors (Lipinski definition) is 1. The molecule has 0 aromatic rings. The SMILES string of the molecule is CC1CC(N)CCN1CCN1CCSCC1. The Labute approximate surface area is 104 Å². The van der Waals surface area contributed by atoms with E-state index in [1.807, 2.05) is 0 Å². The van der Waals surface area contributed by atoms with Crippen molar-refractivity contribution in [1.29, 1.82) is 0 Å². The molecule has 0 radical (unpaired) electrons. The first-order chi connectivity index (χ1) is 7.75. The van der Waals surface area contributed by atoms with Gasteiger partial charge in [-0.1, -0.05) is 0 Å². The molecular formula is C12H25N3S. The van der Waals surface area contributed by atoms with Gasteiger partial charge in [0.25, 0.3) is 0 Å². The fourth-order valence-electron chi connectivity index (χ4n) is 2.68. The lowest BCUT2D eigenvalue weighted by atomic mass is 9.99. The first-order valence-electron chi connectivity index (χ1n) is 6.55. The summed E-state index contributed by atoms with van der Waals surface area (Å²) in [6.45, 7) is 8.58. The van der Waals surface area contributed by atoms with Gasteiger partial charge in [-0.25, -0.2) is 0 Å². The molecule has 2 fully saturated rings. The summed E-state index contributed by atoms with van der Waals surface area (Å²) in [7, 11) is 0. The van der Waals surface area contributed by atoms with Crippen molar-refractivity contribution in [3.05, 3.63) is 0 Å². The zero-order chi connectivity index (χ0) is 11.4. The number of nitrogens with two attached hydrogens (primary N) is 1. The highest BCUT2D eigenvalue weighted by atomic mass is 32.2. The Morgan fingerprint density at radius 2 is 1.94 bits per heavy atom. The van der Waals surface area contributed by atoms with Crippen LogP contribution in [-0.2, 0) is 0 Å². The molecule has 0 aromatic carbocycles. The van der Waals surface area contributed by atoms with Crippen LogP contribution in [0.5, 0.6) is 0 Å². The molecule has 2 N–H and O–H groups in total. The van der Waals surface area contributed by atoms with Crippen molar-refractivity contribution in [3.63, 3.8) is 0 Å². The third kappa shape index (κ3) is 3.62. The molecule has 2 aliphatic rings. The van der Waals surface area contributed by atoms with Gasteiger partial charge in [-0.3, -0.25) is 4.90 Å². The monoisotopic (exact) mass is 243 g/mol. The second-order valence-corrected chi connectivity index (χ2v) is 6.35. The van der Waals surface area contributed by atoms with Crippen LogP contribution in [0.15, 0.2) is 0 Å². The predicted molar refractivity (Wildman–Crippen MR) is 72.0 cm³/mol. The van der Waals surface area contributed by atoms with E-state index < -0.39 is 0 Å². The molecule has 2 rings (SSSR count). The third-order valence-corrected chi connectivity index (χ3v) is 4.80. The molecule has 94 valence electrons. The zero-order valence-corrected chi connectivity index (χ0v) is 11.2. The summed E-state index contributed by atoms with van der Waals surface area (Å²) in [6.07, 6.45) is 2.36. The minimum absolute atomic E-state index is 0.442. The van der Waals surface area contributed by atoms with E-state index >= 15 is 0 Å². The number of hydrogen-bond acceptors (Lipinski definition) is 4. The summed E-state index contributed by atoms with van der Waals surface area (Å²) in [5.74, 6) is 2.64. The molecule has 3 nitrogen and oxygen atoms in total. The molecule has 0 amide bonds. The number of likely N-dealkylation sites (tertiary alicyclic amines) is 1. The fourth-order valence-corrected chi connectivity index (χ4v) is 3.66. The van der Waals surface area contributed by atoms with Gasteiger partial charge in [0.2, 0.25) is 0 Å². The molecule has 0 aromatic heterocycles. The molecule has 2 aliphatic heterocycles. The van der Waals surface area contributed by atoms with Gasteiger partial charge in [-0.15, -0.1) is 0 Å². The van der Waals surface area contributed by atoms with E-state index in [9.17, 15) is 0 Å². The summed E-state index contributed by atoms with van der Waals surface area (Å²) in [5.41, 5.74) is 5.99. The second-order valence-electron chi connectivity index (χ2n) is 5.12. The molecule has 2 saturated heterocycles. The third-order valence-electron chi connectivity index (χ3n) is 3.86. The average Bonchev–Trinajstić information content (AvgIpc) is 2.29. The fraction of sp³-hybridized carbons (Fsp3) is 1.00. The molecule has 16 heavy (non-hydrogen) atoms. The molecule has 2 heterocycles. The zero-order valence-electron chi connectivity index (χ0n) is 10.4. The van der Waals surface area contributed by atoms with E-state index in [1.54, 1.807) is 0 Å². The molecular weight excluding hydrogens is 218 g/mol. The van der Waals surface area contributed by atoms with E-state index in [0.29, 0.717) is 12.1 Å². The molecule has 0 aliphatic carbocycles. The van der Waals surface area contributed by atoms with Gasteiger partial charge in [-0.05, 0) is 26.3 Å². The molecule has 2 atom stereocenters. The van der Waals surface area contributed by atoms with Crippen molar-refractivity contribution >= 4 is 11.8 Å². The van der Waals surface area contributed by atoms with Crippen LogP contribution in [0.4, 0.5) is 0 Å². The van der Waals surface area contributed by atoms with E-state index in [0.717, 1.165) is 0 Å². The van der Waals surface area contributed by atoms with Gasteiger partial charge in [-0.2, -0.15) is 11.8 Å². The molecule has 0 bridgehead atoms. The minimum Gasteiger partial charge on any atom is -0.328 e. The Morgan fingerprint density at radius 3 is 2.62 bits per heavy atom. The normalized spacial score (nSPS) is 34.1. The lowest BCUT2D eigenvalue weighted by Crippen LogP contribution is -2.48. The van der Waals surface area contributed by atoms with Crippen LogP contribution in [0, 0.1) is 0 Å². The maximum atomic E-state index is 5.99. The van der Waals surface area contributed by atoms with Crippen molar-refractivity contribution in [2.24, 2.45) is 5.73 Å². The highest BCUT2D eigenvalue weighted by Gasteiger charge is 2.23. The van der Waals surface area contributed by atoms with Crippen LogP contribution >= 0.6 is 11.8 Å². The van der Waals surface area contributed by atoms with Crippen LogP contribution in [0.25, 0.3) is 0 Å². The maximum absolute atomic E-state index is 5.99. The maximum Gasteiger partial charge on any atom is 0.0112 e. The van der Waals surface area contributed by atoms with Crippen LogP contribution in [0.3, 0.4) is 0 Å². The minimum atomic E-state index is 0.442. The summed E-state index contributed by atoms with van der Waals surface area (Å²) in [4.78, 5) is 5.23. The Balaban J connectivity index is 1.68. The first-order valence-corrected chi connectivity index (χ1v) is 7.71. The standard InChI is InChI=1S/C12H25N3S/c1-11-10-12(13)2-3-15(11)5-4-14-6-8-16-9-7-14/h11-12H,2-10,13H2,1H3. The van der Waals surface area contributed by atoms with Crippen molar-refractivity contribution < 1.29 is 0 Å². The van der Waals surface area contributed by atoms with Gasteiger partial charge >= 0.3 is 0 Å². The predicted octanol–water partition coefficient (Wildman–Crippen LogP) is 0.847. The van der Waals surface area contributed by atoms with E-state index in [1.165, 1.54) is 57.1 Å². The van der Waals surface area contributed by atoms with Crippen LogP contribution in [0.2, 0.25) is 0 Å². The smallest absolute Gasteiger partial charge is 0.0112 e. The Morgan fingerprint density at radius 1 is 1.19 bits per heavy atom. The largest absolute Gasteiger partial charge is 0.328 e. The van der Waals surface area contributed by atoms with Crippen LogP contribution in [0.1, 0.15) is 19.8 Å². The van der Waals surface area contributed by atoms with Gasteiger partial charge in [0.15, 0.2) is 0 Å². The second kappa shape index (κ2) is 6.24. The van der Waals surface area contributed by atoms with E-state index in [2.05, 4.69) is 28.5 Å². The summed E-state index contributed by atoms with van der Waals surface area (Å²) in [6, 6.07) is 1.13. The number of nitrogens with zero attached hydrogens (tertiary/aromatic N) is 2. The quantitative estimate of drug-likeness (QED) is 0.796. The Bertz CT molecular complexity index is 206. The van der Waals surface area contributed by atoms with Crippen molar-refractivity contribution in [2.75, 3.05) is 44.2 Å². The number of rotatable bonds is 3. The van der Waals surface area contributed by atoms with Gasteiger partial charge in [0.05, 0.1) is 0 Å². The summed E-state index contributed by atoms with van der Waals surface area (Å²) >= 11 is 2.09. The van der Waals surface area contributed by atoms with Crippen LogP contribution in [-0.4, -0.2) is 66.1 Å².